The van der Waals surface area contributed by atoms with E-state index in [0.717, 1.165) is 99.3 Å². The van der Waals surface area contributed by atoms with Crippen molar-refractivity contribution in [2.75, 3.05) is 10.6 Å². The van der Waals surface area contributed by atoms with Crippen LogP contribution < -0.4 is 10.6 Å². The molecule has 0 heterocycles. The second-order valence-electron chi connectivity index (χ2n) is 50.0. The highest BCUT2D eigenvalue weighted by atomic mass is 16.3. The maximum Gasteiger partial charge on any atom is 0.255 e. The van der Waals surface area contributed by atoms with Crippen LogP contribution in [0.25, 0.3) is 33.4 Å². The van der Waals surface area contributed by atoms with Gasteiger partial charge < -0.3 is 31.1 Å². The van der Waals surface area contributed by atoms with Gasteiger partial charge in [-0.05, 0) is 443 Å². The fourth-order valence-corrected chi connectivity index (χ4v) is 36.6. The van der Waals surface area contributed by atoms with E-state index in [1.807, 2.05) is 194 Å². The molecule has 2 amide bonds. The molecule has 694 valence electrons. The molecule has 17 aliphatic carbocycles. The Balaban J connectivity index is 0.849. The summed E-state index contributed by atoms with van der Waals surface area (Å²) in [6, 6.07) is 84.9. The number of phenolic OH excluding ortho intramolecular Hbond substituents is 4. The van der Waals surface area contributed by atoms with Crippen molar-refractivity contribution in [3.8, 4) is 104 Å². The summed E-state index contributed by atoms with van der Waals surface area (Å²) < 4.78 is 0. The molecule has 0 saturated heterocycles. The number of anilines is 2. The van der Waals surface area contributed by atoms with E-state index in [4.69, 9.17) is 0 Å². The van der Waals surface area contributed by atoms with Gasteiger partial charge in [0.1, 0.15) is 23.0 Å². The van der Waals surface area contributed by atoms with Gasteiger partial charge in [-0.25, -0.2) is 0 Å². The lowest BCUT2D eigenvalue weighted by Gasteiger charge is -2.67. The Labute approximate surface area is 820 Å². The smallest absolute Gasteiger partial charge is 0.255 e. The monoisotopic (exact) mass is 1820 g/mol. The van der Waals surface area contributed by atoms with Crippen LogP contribution in [0.5, 0.6) is 23.0 Å². The largest absolute Gasteiger partial charge is 0.508 e. The molecule has 8 nitrogen and oxygen atoms in total. The van der Waals surface area contributed by atoms with Crippen molar-refractivity contribution in [3.63, 3.8) is 0 Å². The number of carbonyl (C=O) groups excluding carboxylic acids is 2. The zero-order chi connectivity index (χ0) is 95.0. The van der Waals surface area contributed by atoms with Gasteiger partial charge in [-0.3, -0.25) is 9.59 Å². The fourth-order valence-electron chi connectivity index (χ4n) is 36.6. The highest BCUT2D eigenvalue weighted by Gasteiger charge is 2.69. The number of phenols is 4. The normalized spacial score (nSPS) is 31.7. The minimum absolute atomic E-state index is 0.00961. The van der Waals surface area contributed by atoms with Gasteiger partial charge in [-0.2, -0.15) is 0 Å². The first-order valence-electron chi connectivity index (χ1n) is 51.6. The second kappa shape index (κ2) is 31.0. The molecule has 16 fully saturated rings. The molecule has 139 heavy (non-hydrogen) atoms. The molecule has 17 aliphatic rings. The first kappa shape index (κ1) is 87.5. The van der Waals surface area contributed by atoms with Crippen molar-refractivity contribution in [3.05, 3.63) is 355 Å². The highest BCUT2D eigenvalue weighted by Crippen LogP contribution is 2.79. The summed E-state index contributed by atoms with van der Waals surface area (Å²) in [5.41, 5.74) is 18.7. The number of benzene rings is 12. The Morgan fingerprint density at radius 2 is 0.540 bits per heavy atom. The molecule has 29 rings (SSSR count). The summed E-state index contributed by atoms with van der Waals surface area (Å²) in [6.07, 6.45) is 27.4. The molecular formula is C131H124N2O6. The molecule has 0 radical (unpaired) electrons. The summed E-state index contributed by atoms with van der Waals surface area (Å²) in [5.74, 6) is 28.2. The number of amides is 2. The fraction of sp³-hybridized carbons (Fsp3) is 0.374. The van der Waals surface area contributed by atoms with Crippen LogP contribution >= 0.6 is 0 Å². The Bertz CT molecular complexity index is 6980. The first-order valence-corrected chi connectivity index (χ1v) is 51.6. The molecule has 12 aromatic rings. The van der Waals surface area contributed by atoms with Gasteiger partial charge in [0.15, 0.2) is 0 Å². The summed E-state index contributed by atoms with van der Waals surface area (Å²) in [7, 11) is 0. The first-order chi connectivity index (χ1) is 66.7. The highest BCUT2D eigenvalue weighted by molar-refractivity contribution is 6.10. The quantitative estimate of drug-likeness (QED) is 0.0674. The van der Waals surface area contributed by atoms with E-state index in [2.05, 4.69) is 150 Å². The van der Waals surface area contributed by atoms with Crippen molar-refractivity contribution in [1.29, 1.82) is 0 Å². The summed E-state index contributed by atoms with van der Waals surface area (Å²) in [5, 5.41) is 60.5. The van der Waals surface area contributed by atoms with Crippen LogP contribution in [0.4, 0.5) is 11.4 Å². The van der Waals surface area contributed by atoms with Crippen molar-refractivity contribution in [2.45, 2.75) is 237 Å². The van der Waals surface area contributed by atoms with Gasteiger partial charge in [0.05, 0.1) is 27.9 Å². The molecule has 8 atom stereocenters. The summed E-state index contributed by atoms with van der Waals surface area (Å²) >= 11 is 0. The van der Waals surface area contributed by atoms with Crippen molar-refractivity contribution in [1.82, 2.24) is 0 Å². The number of hydrogen-bond acceptors (Lipinski definition) is 6. The Hall–Kier alpha value is -13.0. The van der Waals surface area contributed by atoms with Crippen LogP contribution in [0.2, 0.25) is 0 Å². The van der Waals surface area contributed by atoms with E-state index >= 15 is 9.59 Å². The van der Waals surface area contributed by atoms with E-state index in [0.29, 0.717) is 79.3 Å². The van der Waals surface area contributed by atoms with E-state index in [1.54, 1.807) is 24.3 Å². The minimum Gasteiger partial charge on any atom is -0.508 e. The topological polar surface area (TPSA) is 139 Å². The Kier molecular flexibility index (Phi) is 19.5. The number of hydrogen-bond donors (Lipinski definition) is 6. The number of rotatable bonds is 12. The molecule has 0 aromatic heterocycles. The SMILES string of the molecule is CC12CC3CC(C)(C1)CC(c1cc(C45CC6CC(C)(CC(C)(C6)C4)C5)c4c(c1)C(c1ccc(O)cc1-c1ccc(O)c(C#Cc5ccccc5)c1NC(=O)c1cccc(C#Cc5ccccc5)c1)(c1ccc(O)cc1-c1ccc(O)c(C#Cc5ccccc5)c1NC(=O)c1cccc(C#Cc5ccccc5)c1)c1cc(C56CC7CC(C)(CC(C)(C7)C5)C6)cc(C56CC7CC(C)(CC(C)(C7)C5)C6)c1-4)(C3)C2. The third kappa shape index (κ3) is 14.7. The Morgan fingerprint density at radius 3 is 0.856 bits per heavy atom. The second-order valence-corrected chi connectivity index (χ2v) is 50.0. The van der Waals surface area contributed by atoms with E-state index in [-0.39, 0.29) is 110 Å². The molecular weight excluding hydrogens is 1700 g/mol. The number of fused-ring (bicyclic) bond motifs is 3. The lowest BCUT2D eigenvalue weighted by molar-refractivity contribution is -0.112. The minimum atomic E-state index is -1.54. The van der Waals surface area contributed by atoms with Crippen molar-refractivity contribution in [2.24, 2.45) is 67.0 Å². The van der Waals surface area contributed by atoms with Gasteiger partial charge in [0.2, 0.25) is 0 Å². The summed E-state index contributed by atoms with van der Waals surface area (Å²) in [6.45, 7) is 21.3. The van der Waals surface area contributed by atoms with Crippen LogP contribution in [-0.4, -0.2) is 32.2 Å². The van der Waals surface area contributed by atoms with Crippen LogP contribution in [0.3, 0.4) is 0 Å². The number of aromatic hydroxyl groups is 4. The standard InChI is InChI=1S/C131H124N2O6/c1-119-59-89-60-120(2,71-119)76-127(67-89,75-119)95-53-107(129-69-91-63-123(5,79-129)73-124(6,64-91)80-129)113-109(55-95)131(110-56-96(128-68-90-61-121(3,77-128)72-122(4,62-90)78-128)54-108(114(110)113)130-70-92-65-125(7,81-130)74-126(8,66-92)82-130,105-47-41-97(134)57-103(105)99-45-49-111(136)101(43-39-85-27-17-11-18-28-85)115(99)132-117(138)93-33-21-31-87(51-93)37-35-83-23-13-9-14-24-83)106-48-42-98(135)58-104(106)100-46-50-112(137)102(44-40-86-29-19-12-20-30-86)116(100)133-118(139)94-34-22-32-88(52-94)38-36-84-25-15-10-16-26-84/h9-34,41-42,45-58,89-92,134-137H,59-82H2,1-8H3,(H,132,138)(H,133,139). The van der Waals surface area contributed by atoms with Crippen molar-refractivity contribution >= 4 is 23.2 Å². The van der Waals surface area contributed by atoms with Gasteiger partial charge in [-0.15, -0.1) is 0 Å². The van der Waals surface area contributed by atoms with Gasteiger partial charge in [-0.1, -0.05) is 224 Å². The predicted octanol–water partition coefficient (Wildman–Crippen LogP) is 29.3. The molecule has 8 unspecified atom stereocenters. The van der Waals surface area contributed by atoms with Gasteiger partial charge >= 0.3 is 0 Å². The van der Waals surface area contributed by atoms with E-state index in [1.165, 1.54) is 122 Å². The average Bonchev–Trinajstić information content (AvgIpc) is 1.47. The van der Waals surface area contributed by atoms with Crippen LogP contribution in [0.15, 0.2) is 255 Å². The summed E-state index contributed by atoms with van der Waals surface area (Å²) in [4.78, 5) is 32.9. The predicted molar refractivity (Wildman–Crippen MR) is 556 cm³/mol. The molecule has 16 saturated carbocycles. The molecule has 6 N–H and O–H groups in total. The van der Waals surface area contributed by atoms with Crippen LogP contribution in [0.1, 0.15) is 319 Å². The van der Waals surface area contributed by atoms with E-state index in [9.17, 15) is 20.4 Å². The van der Waals surface area contributed by atoms with Crippen LogP contribution in [0, 0.1) is 114 Å². The zero-order valence-corrected chi connectivity index (χ0v) is 81.6. The molecule has 0 aliphatic heterocycles. The maximum atomic E-state index is 16.4. The molecule has 12 aromatic carbocycles. The average molecular weight is 1820 g/mol. The van der Waals surface area contributed by atoms with Crippen molar-refractivity contribution < 1.29 is 30.0 Å². The van der Waals surface area contributed by atoms with Gasteiger partial charge in [0, 0.05) is 55.6 Å². The third-order valence-corrected chi connectivity index (χ3v) is 37.2. The van der Waals surface area contributed by atoms with Gasteiger partial charge in [0.25, 0.3) is 11.8 Å². The number of carbonyl (C=O) groups is 2. The molecule has 0 spiro atoms. The lowest BCUT2D eigenvalue weighted by atomic mass is 9.37. The van der Waals surface area contributed by atoms with E-state index < -0.39 is 17.2 Å². The lowest BCUT2D eigenvalue weighted by Crippen LogP contribution is -2.58. The molecule has 16 bridgehead atoms. The number of nitrogens with one attached hydrogen (secondary N) is 2. The Morgan fingerprint density at radius 1 is 0.259 bits per heavy atom. The third-order valence-electron chi connectivity index (χ3n) is 37.2. The molecule has 8 heteroatoms. The van der Waals surface area contributed by atoms with Crippen LogP contribution in [-0.2, 0) is 27.1 Å². The maximum absolute atomic E-state index is 16.4. The zero-order valence-electron chi connectivity index (χ0n) is 81.6.